The molecule has 6 nitrogen and oxygen atoms in total. The number of carbonyl (C=O) groups excluding carboxylic acids is 2. The van der Waals surface area contributed by atoms with Crippen LogP contribution in [0.15, 0.2) is 72.9 Å². The van der Waals surface area contributed by atoms with Crippen LogP contribution in [0.5, 0.6) is 0 Å². The van der Waals surface area contributed by atoms with Crippen molar-refractivity contribution in [2.24, 2.45) is 0 Å². The molecule has 0 saturated carbocycles. The van der Waals surface area contributed by atoms with E-state index in [1.165, 1.54) is 64.2 Å². The first kappa shape index (κ1) is 54.3. The topological polar surface area (TPSA) is 95.9 Å². The number of aliphatic hydroxyl groups excluding tert-OH is 2. The Bertz CT molecular complexity index is 1070. The van der Waals surface area contributed by atoms with E-state index in [0.29, 0.717) is 19.3 Å². The molecule has 328 valence electrons. The van der Waals surface area contributed by atoms with E-state index in [2.05, 4.69) is 99.0 Å². The summed E-state index contributed by atoms with van der Waals surface area (Å²) in [4.78, 5) is 26.0. The van der Waals surface area contributed by atoms with Crippen LogP contribution in [0.3, 0.4) is 0 Å². The summed E-state index contributed by atoms with van der Waals surface area (Å²) >= 11 is 0. The summed E-state index contributed by atoms with van der Waals surface area (Å²) in [5.74, 6) is -0.516. The summed E-state index contributed by atoms with van der Waals surface area (Å²) in [6, 6.07) is -0.712. The Labute approximate surface area is 351 Å². The minimum Gasteiger partial charge on any atom is -0.462 e. The van der Waals surface area contributed by atoms with Gasteiger partial charge in [-0.3, -0.25) is 9.59 Å². The summed E-state index contributed by atoms with van der Waals surface area (Å²) < 4.78 is 5.90. The predicted molar refractivity (Wildman–Crippen MR) is 245 cm³/mol. The van der Waals surface area contributed by atoms with E-state index in [0.717, 1.165) is 103 Å². The summed E-state index contributed by atoms with van der Waals surface area (Å²) in [7, 11) is 0. The molecule has 0 aliphatic heterocycles. The Morgan fingerprint density at radius 3 is 1.63 bits per heavy atom. The molecule has 0 aliphatic rings. The zero-order valence-electron chi connectivity index (χ0n) is 37.2. The van der Waals surface area contributed by atoms with Gasteiger partial charge in [0.15, 0.2) is 0 Å². The second-order valence-electron chi connectivity index (χ2n) is 15.8. The van der Waals surface area contributed by atoms with Crippen molar-refractivity contribution in [3.05, 3.63) is 72.9 Å². The Morgan fingerprint density at radius 1 is 0.544 bits per heavy atom. The molecule has 0 aromatic heterocycles. The molecule has 0 bridgehead atoms. The molecule has 0 saturated heterocycles. The third-order valence-corrected chi connectivity index (χ3v) is 10.3. The van der Waals surface area contributed by atoms with Gasteiger partial charge in [-0.15, -0.1) is 0 Å². The van der Waals surface area contributed by atoms with Gasteiger partial charge in [0.05, 0.1) is 25.2 Å². The Hall–Kier alpha value is -2.70. The molecule has 0 spiro atoms. The number of allylic oxidation sites excluding steroid dienone is 12. The van der Waals surface area contributed by atoms with Gasteiger partial charge in [-0.25, -0.2) is 0 Å². The van der Waals surface area contributed by atoms with Gasteiger partial charge in [-0.05, 0) is 77.0 Å². The summed E-state index contributed by atoms with van der Waals surface area (Å²) in [5.41, 5.74) is 0. The summed E-state index contributed by atoms with van der Waals surface area (Å²) in [5, 5.41) is 23.6. The zero-order valence-corrected chi connectivity index (χ0v) is 37.2. The first-order chi connectivity index (χ1) is 28.0. The lowest BCUT2D eigenvalue weighted by Crippen LogP contribution is -2.46. The van der Waals surface area contributed by atoms with Crippen LogP contribution in [0.2, 0.25) is 0 Å². The van der Waals surface area contributed by atoms with E-state index in [-0.39, 0.29) is 24.9 Å². The number of aliphatic hydroxyl groups is 2. The highest BCUT2D eigenvalue weighted by Crippen LogP contribution is 2.17. The third-order valence-electron chi connectivity index (χ3n) is 10.3. The molecule has 0 fully saturated rings. The van der Waals surface area contributed by atoms with Gasteiger partial charge >= 0.3 is 5.97 Å². The molecule has 0 aromatic rings. The van der Waals surface area contributed by atoms with Gasteiger partial charge in [0, 0.05) is 6.42 Å². The van der Waals surface area contributed by atoms with Crippen LogP contribution in [0.4, 0.5) is 0 Å². The van der Waals surface area contributed by atoms with Crippen LogP contribution in [-0.2, 0) is 14.3 Å². The van der Waals surface area contributed by atoms with Gasteiger partial charge in [0.25, 0.3) is 0 Å². The molecular formula is C51H89NO5. The number of nitrogens with one attached hydrogen (secondary N) is 1. The highest BCUT2D eigenvalue weighted by atomic mass is 16.5. The van der Waals surface area contributed by atoms with Crippen LogP contribution in [0, 0.1) is 0 Å². The quantitative estimate of drug-likeness (QED) is 0.0248. The molecule has 57 heavy (non-hydrogen) atoms. The van der Waals surface area contributed by atoms with E-state index in [9.17, 15) is 19.8 Å². The maximum absolute atomic E-state index is 13.1. The molecule has 3 N–H and O–H groups in total. The number of amides is 1. The molecule has 1 amide bonds. The van der Waals surface area contributed by atoms with Crippen molar-refractivity contribution >= 4 is 11.9 Å². The number of rotatable bonds is 41. The number of ether oxygens (including phenoxy) is 1. The average Bonchev–Trinajstić information content (AvgIpc) is 3.20. The molecule has 0 rings (SSSR count). The SMILES string of the molecule is CC/C=C/C=C/C=C/CCCCCCCCCC(=O)OC(CCCCCC/C=C/C/C=C/C/C=C/CC)CC(=O)NC(CO)C(O)CCCCCCCCCCC. The van der Waals surface area contributed by atoms with Gasteiger partial charge in [-0.1, -0.05) is 196 Å². The predicted octanol–water partition coefficient (Wildman–Crippen LogP) is 13.8. The lowest BCUT2D eigenvalue weighted by Gasteiger charge is -2.24. The van der Waals surface area contributed by atoms with Crippen molar-refractivity contribution in [2.45, 2.75) is 232 Å². The van der Waals surface area contributed by atoms with E-state index in [1.807, 2.05) is 0 Å². The zero-order chi connectivity index (χ0) is 41.7. The molecule has 6 heteroatoms. The largest absolute Gasteiger partial charge is 0.462 e. The molecule has 0 aliphatic carbocycles. The van der Waals surface area contributed by atoms with Crippen LogP contribution in [0.1, 0.15) is 213 Å². The molecule has 3 unspecified atom stereocenters. The fraction of sp³-hybridized carbons (Fsp3) is 0.725. The molecular weight excluding hydrogens is 707 g/mol. The van der Waals surface area contributed by atoms with Crippen molar-refractivity contribution in [3.8, 4) is 0 Å². The second kappa shape index (κ2) is 44.4. The lowest BCUT2D eigenvalue weighted by atomic mass is 10.0. The number of esters is 1. The molecule has 0 radical (unpaired) electrons. The van der Waals surface area contributed by atoms with Crippen molar-refractivity contribution in [1.82, 2.24) is 5.32 Å². The van der Waals surface area contributed by atoms with Crippen molar-refractivity contribution < 1.29 is 24.5 Å². The van der Waals surface area contributed by atoms with Crippen LogP contribution < -0.4 is 5.32 Å². The number of hydrogen-bond acceptors (Lipinski definition) is 5. The van der Waals surface area contributed by atoms with Crippen molar-refractivity contribution in [3.63, 3.8) is 0 Å². The van der Waals surface area contributed by atoms with E-state index in [1.54, 1.807) is 0 Å². The molecule has 0 heterocycles. The Balaban J connectivity index is 4.66. The minimum atomic E-state index is -0.797. The van der Waals surface area contributed by atoms with Gasteiger partial charge < -0.3 is 20.3 Å². The van der Waals surface area contributed by atoms with Gasteiger partial charge in [0.2, 0.25) is 5.91 Å². The van der Waals surface area contributed by atoms with Crippen molar-refractivity contribution in [2.75, 3.05) is 6.61 Å². The summed E-state index contributed by atoms with van der Waals surface area (Å²) in [6.07, 6.45) is 55.3. The van der Waals surface area contributed by atoms with Gasteiger partial charge in [0.1, 0.15) is 6.10 Å². The highest BCUT2D eigenvalue weighted by Gasteiger charge is 2.24. The maximum atomic E-state index is 13.1. The first-order valence-electron chi connectivity index (χ1n) is 23.7. The van der Waals surface area contributed by atoms with Crippen LogP contribution in [-0.4, -0.2) is 46.9 Å². The van der Waals surface area contributed by atoms with E-state index in [4.69, 9.17) is 4.74 Å². The Kier molecular flexibility index (Phi) is 42.3. The highest BCUT2D eigenvalue weighted by molar-refractivity contribution is 5.77. The smallest absolute Gasteiger partial charge is 0.306 e. The normalized spacial score (nSPS) is 14.0. The van der Waals surface area contributed by atoms with Crippen LogP contribution >= 0.6 is 0 Å². The number of carbonyl (C=O) groups is 2. The van der Waals surface area contributed by atoms with E-state index >= 15 is 0 Å². The standard InChI is InChI=1S/C51H89NO5/c1-4-7-10-13-16-19-21-23-25-27-29-32-35-38-41-44-51(56)57-47(42-39-36-33-31-28-26-24-22-20-17-14-11-8-5-2)45-50(55)52-48(46-53)49(54)43-40-37-34-30-18-15-12-9-6-3/h7-8,10-11,13,16-17,19-21,24,26,47-49,53-54H,4-6,9,12,14-15,18,22-23,25,27-46H2,1-3H3,(H,52,55)/b10-7+,11-8+,16-13+,20-17+,21-19+,26-24+. The number of hydrogen-bond donors (Lipinski definition) is 3. The Morgan fingerprint density at radius 2 is 1.04 bits per heavy atom. The monoisotopic (exact) mass is 796 g/mol. The molecule has 3 atom stereocenters. The minimum absolute atomic E-state index is 0.0544. The average molecular weight is 796 g/mol. The van der Waals surface area contributed by atoms with Gasteiger partial charge in [-0.2, -0.15) is 0 Å². The van der Waals surface area contributed by atoms with Crippen molar-refractivity contribution in [1.29, 1.82) is 0 Å². The fourth-order valence-corrected chi connectivity index (χ4v) is 6.80. The molecule has 0 aromatic carbocycles. The first-order valence-corrected chi connectivity index (χ1v) is 23.7. The second-order valence-corrected chi connectivity index (χ2v) is 15.8. The lowest BCUT2D eigenvalue weighted by molar-refractivity contribution is -0.151. The number of unbranched alkanes of at least 4 members (excludes halogenated alkanes) is 19. The van der Waals surface area contributed by atoms with E-state index < -0.39 is 18.2 Å². The summed E-state index contributed by atoms with van der Waals surface area (Å²) in [6.45, 7) is 6.20. The maximum Gasteiger partial charge on any atom is 0.306 e. The van der Waals surface area contributed by atoms with Crippen LogP contribution in [0.25, 0.3) is 0 Å². The fourth-order valence-electron chi connectivity index (χ4n) is 6.80. The third kappa shape index (κ3) is 39.9.